The van der Waals surface area contributed by atoms with Gasteiger partial charge in [-0.05, 0) is 0 Å². The van der Waals surface area contributed by atoms with E-state index < -0.39 is 0 Å². The minimum absolute atomic E-state index is 0.560. The maximum absolute atomic E-state index is 4.76. The van der Waals surface area contributed by atoms with Crippen LogP contribution in [0.5, 0.6) is 0 Å². The maximum Gasteiger partial charge on any atom is 0.274 e. The van der Waals surface area contributed by atoms with Crippen molar-refractivity contribution < 1.29 is 4.52 Å². The highest BCUT2D eigenvalue weighted by Crippen LogP contribution is 2.12. The van der Waals surface area contributed by atoms with Gasteiger partial charge in [0.05, 0.1) is 6.20 Å². The molecule has 2 aliphatic rings. The highest BCUT2D eigenvalue weighted by Gasteiger charge is 2.06. The van der Waals surface area contributed by atoms with Gasteiger partial charge < -0.3 is 4.52 Å². The predicted molar refractivity (Wildman–Crippen MR) is 25.3 cm³/mol. The molecule has 0 aliphatic carbocycles. The Hall–Kier alpha value is -1.32. The van der Waals surface area contributed by atoms with Crippen molar-refractivity contribution in [3.63, 3.8) is 0 Å². The Morgan fingerprint density at radius 2 is 2.50 bits per heavy atom. The zero-order valence-electron chi connectivity index (χ0n) is 3.96. The van der Waals surface area contributed by atoms with E-state index in [4.69, 9.17) is 4.52 Å². The van der Waals surface area contributed by atoms with E-state index >= 15 is 0 Å². The smallest absolute Gasteiger partial charge is 0.274 e. The normalized spacial score (nSPS) is 10.5. The zero-order chi connectivity index (χ0) is 5.40. The summed E-state index contributed by atoms with van der Waals surface area (Å²) in [7, 11) is 0. The molecule has 2 aliphatic heterocycles. The van der Waals surface area contributed by atoms with Crippen LogP contribution < -0.4 is 0 Å². The molecule has 0 fully saturated rings. The number of fused-ring (bicyclic) bond motifs is 1. The Morgan fingerprint density at radius 1 is 1.50 bits per heavy atom. The SMILES string of the molecule is c1nc2c[nH]oc-2n1. The lowest BCUT2D eigenvalue weighted by molar-refractivity contribution is 0.424. The van der Waals surface area contributed by atoms with E-state index in [-0.39, 0.29) is 0 Å². The quantitative estimate of drug-likeness (QED) is 0.536. The first-order valence-corrected chi connectivity index (χ1v) is 2.20. The van der Waals surface area contributed by atoms with Gasteiger partial charge in [-0.2, -0.15) is 4.98 Å². The molecule has 0 aromatic heterocycles. The van der Waals surface area contributed by atoms with Crippen LogP contribution in [0.25, 0.3) is 11.6 Å². The molecule has 1 N–H and O–H groups in total. The van der Waals surface area contributed by atoms with Crippen LogP contribution in [0, 0.1) is 0 Å². The monoisotopic (exact) mass is 109 g/mol. The van der Waals surface area contributed by atoms with E-state index in [1.807, 2.05) is 0 Å². The predicted octanol–water partition coefficient (Wildman–Crippen LogP) is 0.502. The Morgan fingerprint density at radius 3 is 3.38 bits per heavy atom. The summed E-state index contributed by atoms with van der Waals surface area (Å²) in [6.07, 6.45) is 3.12. The first-order valence-electron chi connectivity index (χ1n) is 2.20. The Bertz CT molecular complexity index is 203. The molecular formula is C4H3N3O. The third-order valence-corrected chi connectivity index (χ3v) is 0.942. The maximum atomic E-state index is 4.76. The van der Waals surface area contributed by atoms with E-state index in [1.165, 1.54) is 6.33 Å². The molecule has 0 atom stereocenters. The molecule has 0 saturated carbocycles. The van der Waals surface area contributed by atoms with E-state index in [0.29, 0.717) is 5.89 Å². The third kappa shape index (κ3) is 0.294. The molecular weight excluding hydrogens is 106 g/mol. The lowest BCUT2D eigenvalue weighted by atomic mass is 10.5. The molecule has 0 amide bonds. The van der Waals surface area contributed by atoms with Crippen molar-refractivity contribution in [2.45, 2.75) is 0 Å². The molecule has 8 heavy (non-hydrogen) atoms. The fourth-order valence-electron chi connectivity index (χ4n) is 0.584. The van der Waals surface area contributed by atoms with Gasteiger partial charge in [-0.1, -0.05) is 0 Å². The molecule has 0 aromatic carbocycles. The van der Waals surface area contributed by atoms with E-state index in [1.54, 1.807) is 6.20 Å². The number of nitrogens with zero attached hydrogens (tertiary/aromatic N) is 2. The van der Waals surface area contributed by atoms with Crippen LogP contribution in [0.15, 0.2) is 17.0 Å². The number of imidazole rings is 1. The summed E-state index contributed by atoms with van der Waals surface area (Å²) in [5.41, 5.74) is 0.769. The van der Waals surface area contributed by atoms with Gasteiger partial charge in [-0.25, -0.2) is 10.1 Å². The highest BCUT2D eigenvalue weighted by molar-refractivity contribution is 5.44. The number of rotatable bonds is 0. The number of aromatic nitrogens is 3. The number of hydrogen-bond donors (Lipinski definition) is 1. The van der Waals surface area contributed by atoms with Crippen molar-refractivity contribution in [2.24, 2.45) is 0 Å². The second-order valence-corrected chi connectivity index (χ2v) is 1.43. The van der Waals surface area contributed by atoms with Crippen LogP contribution in [0.1, 0.15) is 0 Å². The molecule has 2 rings (SSSR count). The van der Waals surface area contributed by atoms with Gasteiger partial charge in [-0.15, -0.1) is 0 Å². The van der Waals surface area contributed by atoms with Crippen molar-refractivity contribution >= 4 is 0 Å². The Kier molecular flexibility index (Phi) is 0.498. The van der Waals surface area contributed by atoms with Crippen LogP contribution in [0.2, 0.25) is 0 Å². The summed E-state index contributed by atoms with van der Waals surface area (Å²) in [4.78, 5) is 7.61. The van der Waals surface area contributed by atoms with E-state index in [0.717, 1.165) is 5.69 Å². The Labute approximate surface area is 44.9 Å². The second-order valence-electron chi connectivity index (χ2n) is 1.43. The topological polar surface area (TPSA) is 54.7 Å². The summed E-state index contributed by atoms with van der Waals surface area (Å²) >= 11 is 0. The van der Waals surface area contributed by atoms with Gasteiger partial charge in [0.15, 0.2) is 0 Å². The van der Waals surface area contributed by atoms with Crippen molar-refractivity contribution in [1.29, 1.82) is 0 Å². The summed E-state index contributed by atoms with van der Waals surface area (Å²) in [6.45, 7) is 0. The molecule has 0 radical (unpaired) electrons. The van der Waals surface area contributed by atoms with Crippen molar-refractivity contribution in [1.82, 2.24) is 15.1 Å². The summed E-state index contributed by atoms with van der Waals surface area (Å²) < 4.78 is 4.76. The highest BCUT2D eigenvalue weighted by atomic mass is 16.5. The van der Waals surface area contributed by atoms with Gasteiger partial charge in [0.2, 0.25) is 0 Å². The molecule has 0 spiro atoms. The van der Waals surface area contributed by atoms with Crippen LogP contribution >= 0.6 is 0 Å². The lowest BCUT2D eigenvalue weighted by Gasteiger charge is -1.69. The van der Waals surface area contributed by atoms with Gasteiger partial charge in [0.1, 0.15) is 12.0 Å². The fraction of sp³-hybridized carbons (Fsp3) is 0. The third-order valence-electron chi connectivity index (χ3n) is 0.942. The number of H-pyrrole nitrogens is 1. The molecule has 2 heterocycles. The summed E-state index contributed by atoms with van der Waals surface area (Å²) in [6, 6.07) is 0. The standard InChI is InChI=1S/C4H3N3O/c1-3-4(8-7-1)6-2-5-3/h1-2,7H. The molecule has 0 unspecified atom stereocenters. The van der Waals surface area contributed by atoms with Crippen molar-refractivity contribution in [2.75, 3.05) is 0 Å². The first kappa shape index (κ1) is 3.65. The molecule has 0 bridgehead atoms. The number of nitrogens with one attached hydrogen (secondary N) is 1. The summed E-state index contributed by atoms with van der Waals surface area (Å²) in [5.74, 6) is 0.560. The van der Waals surface area contributed by atoms with Crippen LogP contribution in [0.3, 0.4) is 0 Å². The van der Waals surface area contributed by atoms with Gasteiger partial charge in [-0.3, -0.25) is 0 Å². The molecule has 0 aromatic rings. The Balaban J connectivity index is 2.84. The van der Waals surface area contributed by atoms with Crippen molar-refractivity contribution in [3.8, 4) is 11.6 Å². The molecule has 4 nitrogen and oxygen atoms in total. The van der Waals surface area contributed by atoms with Crippen LogP contribution in [-0.4, -0.2) is 15.1 Å². The van der Waals surface area contributed by atoms with E-state index in [2.05, 4.69) is 15.1 Å². The summed E-state index contributed by atoms with van der Waals surface area (Å²) in [5, 5.41) is 2.52. The van der Waals surface area contributed by atoms with Gasteiger partial charge in [0, 0.05) is 0 Å². The minimum Gasteiger partial charge on any atom is -0.360 e. The average molecular weight is 109 g/mol. The van der Waals surface area contributed by atoms with Crippen molar-refractivity contribution in [3.05, 3.63) is 12.5 Å². The number of hydrogen-bond acceptors (Lipinski definition) is 3. The average Bonchev–Trinajstić information content (AvgIpc) is 2.15. The van der Waals surface area contributed by atoms with Gasteiger partial charge in [0.25, 0.3) is 5.89 Å². The second kappa shape index (κ2) is 1.09. The number of aromatic amines is 1. The largest absolute Gasteiger partial charge is 0.360 e. The molecule has 0 saturated heterocycles. The fourth-order valence-corrected chi connectivity index (χ4v) is 0.584. The van der Waals surface area contributed by atoms with E-state index in [9.17, 15) is 0 Å². The zero-order valence-corrected chi connectivity index (χ0v) is 3.96. The van der Waals surface area contributed by atoms with Gasteiger partial charge >= 0.3 is 0 Å². The molecule has 40 valence electrons. The van der Waals surface area contributed by atoms with Crippen LogP contribution in [0.4, 0.5) is 0 Å². The molecule has 4 heteroatoms. The first-order chi connectivity index (χ1) is 3.97. The minimum atomic E-state index is 0.560. The lowest BCUT2D eigenvalue weighted by Crippen LogP contribution is -1.62. The van der Waals surface area contributed by atoms with Crippen LogP contribution in [-0.2, 0) is 0 Å².